The summed E-state index contributed by atoms with van der Waals surface area (Å²) in [6.45, 7) is 0. The minimum atomic E-state index is -0.103. The van der Waals surface area contributed by atoms with Crippen molar-refractivity contribution in [2.45, 2.75) is 0 Å². The third-order valence-electron chi connectivity index (χ3n) is 3.63. The second-order valence-electron chi connectivity index (χ2n) is 5.14. The summed E-state index contributed by atoms with van der Waals surface area (Å²) in [6, 6.07) is 10.3. The van der Waals surface area contributed by atoms with Gasteiger partial charge >= 0.3 is 0 Å². The molecule has 0 bridgehead atoms. The molecule has 0 N–H and O–H groups in total. The van der Waals surface area contributed by atoms with Gasteiger partial charge in [-0.3, -0.25) is 4.99 Å². The maximum Gasteiger partial charge on any atom is 0.219 e. The van der Waals surface area contributed by atoms with Gasteiger partial charge in [0.2, 0.25) is 9.58 Å². The zero-order valence-electron chi connectivity index (χ0n) is 12.5. The van der Waals surface area contributed by atoms with Crippen LogP contribution < -0.4 is 10.3 Å². The second-order valence-corrected chi connectivity index (χ2v) is 7.39. The number of fused-ring (bicyclic) bond motifs is 2. The van der Waals surface area contributed by atoms with Crippen LogP contribution in [0.3, 0.4) is 0 Å². The highest BCUT2D eigenvalue weighted by atomic mass is 35.5. The Hall–Kier alpha value is -1.65. The van der Waals surface area contributed by atoms with Crippen molar-refractivity contribution in [1.82, 2.24) is 4.98 Å². The van der Waals surface area contributed by atoms with Gasteiger partial charge in [-0.2, -0.15) is 0 Å². The number of nitrogens with zero attached hydrogens (tertiary/aromatic N) is 3. The Labute approximate surface area is 131 Å². The minimum Gasteiger partial charge on any atom is -0.377 e. The molecular weight excluding hydrogens is 302 g/mol. The van der Waals surface area contributed by atoms with E-state index in [0.29, 0.717) is 0 Å². The maximum atomic E-state index is 6.53. The summed E-state index contributed by atoms with van der Waals surface area (Å²) in [6.07, 6.45) is 2.21. The fourth-order valence-corrected chi connectivity index (χ4v) is 4.78. The van der Waals surface area contributed by atoms with Crippen LogP contribution in [0.5, 0.6) is 0 Å². The van der Waals surface area contributed by atoms with E-state index in [-0.39, 0.29) is 10.5 Å². The quantitative estimate of drug-likeness (QED) is 0.503. The molecule has 0 fully saturated rings. The molecule has 0 radical (unpaired) electrons. The molecule has 1 aliphatic heterocycles. The molecule has 3 nitrogen and oxygen atoms in total. The van der Waals surface area contributed by atoms with Crippen molar-refractivity contribution in [2.75, 3.05) is 26.0 Å². The number of hydrogen-bond acceptors (Lipinski definition) is 3. The fourth-order valence-electron chi connectivity index (χ4n) is 2.45. The Morgan fingerprint density at radius 2 is 1.95 bits per heavy atom. The molecule has 0 amide bonds. The number of benzene rings is 2. The van der Waals surface area contributed by atoms with Gasteiger partial charge in [0.1, 0.15) is 22.5 Å². The number of rotatable bonds is 1. The normalized spacial score (nSPS) is 13.2. The van der Waals surface area contributed by atoms with Gasteiger partial charge in [0.15, 0.2) is 0 Å². The zero-order chi connectivity index (χ0) is 15.1. The van der Waals surface area contributed by atoms with Crippen LogP contribution >= 0.6 is 22.1 Å². The Morgan fingerprint density at radius 1 is 1.19 bits per heavy atom. The Kier molecular flexibility index (Phi) is 3.59. The summed E-state index contributed by atoms with van der Waals surface area (Å²) in [5, 5.41) is 1.56. The molecular formula is C16H17ClN3S+. The lowest BCUT2D eigenvalue weighted by atomic mass is 10.2. The molecule has 5 heteroatoms. The summed E-state index contributed by atoms with van der Waals surface area (Å²) in [5.74, 6) is 0. The Morgan fingerprint density at radius 3 is 2.62 bits per heavy atom. The first-order valence-corrected chi connectivity index (χ1v) is 8.65. The molecule has 1 heterocycles. The molecule has 0 saturated heterocycles. The van der Waals surface area contributed by atoms with Crippen molar-refractivity contribution < 1.29 is 0 Å². The lowest BCUT2D eigenvalue weighted by Crippen LogP contribution is -2.08. The van der Waals surface area contributed by atoms with Gasteiger partial charge < -0.3 is 4.90 Å². The monoisotopic (exact) mass is 318 g/mol. The van der Waals surface area contributed by atoms with Crippen molar-refractivity contribution >= 4 is 38.0 Å². The van der Waals surface area contributed by atoms with E-state index in [1.807, 2.05) is 26.2 Å². The van der Waals surface area contributed by atoms with E-state index in [4.69, 9.17) is 16.6 Å². The minimum absolute atomic E-state index is 0.103. The standard InChI is InChI=1S/C16H17ClN3S/c1-18-12-7-8-13-16(15(12)17)21(4)14-9-10(20(2)3)5-6-11(14)19-13/h5-9H,1-4H3/q+1. The highest BCUT2D eigenvalue weighted by molar-refractivity contribution is 7.38. The van der Waals surface area contributed by atoms with Gasteiger partial charge in [0.05, 0.1) is 5.36 Å². The molecule has 1 aromatic carbocycles. The van der Waals surface area contributed by atoms with Gasteiger partial charge in [-0.25, -0.2) is 4.98 Å². The molecule has 21 heavy (non-hydrogen) atoms. The van der Waals surface area contributed by atoms with Crippen LogP contribution in [0.25, 0.3) is 20.8 Å². The number of aryl methyl sites for hydroxylation is 1. The van der Waals surface area contributed by atoms with E-state index in [1.165, 1.54) is 10.4 Å². The summed E-state index contributed by atoms with van der Waals surface area (Å²) < 4.78 is 1.24. The first-order valence-electron chi connectivity index (χ1n) is 6.64. The predicted octanol–water partition coefficient (Wildman–Crippen LogP) is 3.88. The van der Waals surface area contributed by atoms with Crippen LogP contribution in [0.4, 0.5) is 5.69 Å². The zero-order valence-corrected chi connectivity index (χ0v) is 14.1. The third kappa shape index (κ3) is 2.28. The lowest BCUT2D eigenvalue weighted by molar-refractivity contribution is 1.13. The van der Waals surface area contributed by atoms with Crippen LogP contribution in [0.2, 0.25) is 5.02 Å². The Balaban J connectivity index is 2.46. The largest absolute Gasteiger partial charge is 0.377 e. The van der Waals surface area contributed by atoms with E-state index >= 15 is 0 Å². The van der Waals surface area contributed by atoms with Crippen LogP contribution in [-0.4, -0.2) is 26.1 Å². The van der Waals surface area contributed by atoms with E-state index in [2.05, 4.69) is 34.3 Å². The molecule has 2 aliphatic rings. The number of aromatic nitrogens is 1. The fraction of sp³-hybridized carbons (Fsp3) is 0.250. The van der Waals surface area contributed by atoms with E-state index in [0.717, 1.165) is 26.5 Å². The Bertz CT molecular complexity index is 867. The molecule has 1 aromatic rings. The molecule has 1 aliphatic carbocycles. The number of anilines is 1. The van der Waals surface area contributed by atoms with Crippen LogP contribution in [-0.2, 0) is 6.26 Å². The van der Waals surface area contributed by atoms with Crippen molar-refractivity contribution in [3.05, 3.63) is 40.7 Å². The van der Waals surface area contributed by atoms with Crippen molar-refractivity contribution in [3.8, 4) is 10.6 Å². The van der Waals surface area contributed by atoms with E-state index in [1.54, 1.807) is 7.05 Å². The SMILES string of the molecule is CN=c1ccc2nc3ccc(N(C)C)cc3[s+](C)c-2c1Cl. The molecule has 1 unspecified atom stereocenters. The average Bonchev–Trinajstić information content (AvgIpc) is 2.47. The maximum absolute atomic E-state index is 6.53. The summed E-state index contributed by atoms with van der Waals surface area (Å²) in [4.78, 5) is 12.2. The van der Waals surface area contributed by atoms with Crippen LogP contribution in [0, 0.1) is 0 Å². The molecule has 108 valence electrons. The van der Waals surface area contributed by atoms with Gasteiger partial charge in [-0.1, -0.05) is 11.6 Å². The third-order valence-corrected chi connectivity index (χ3v) is 6.14. The summed E-state index contributed by atoms with van der Waals surface area (Å²) in [5.41, 5.74) is 3.18. The first-order chi connectivity index (χ1) is 10.0. The molecule has 0 aromatic heterocycles. The summed E-state index contributed by atoms with van der Waals surface area (Å²) in [7, 11) is 5.75. The molecule has 0 spiro atoms. The lowest BCUT2D eigenvalue weighted by Gasteiger charge is -2.13. The molecule has 1 atom stereocenters. The van der Waals surface area contributed by atoms with E-state index < -0.39 is 0 Å². The smallest absolute Gasteiger partial charge is 0.219 e. The number of halogens is 1. The van der Waals surface area contributed by atoms with Gasteiger partial charge in [0.25, 0.3) is 0 Å². The summed E-state index contributed by atoms with van der Waals surface area (Å²) >= 11 is 6.53. The molecule has 3 rings (SSSR count). The van der Waals surface area contributed by atoms with Gasteiger partial charge in [0, 0.05) is 32.9 Å². The van der Waals surface area contributed by atoms with Crippen molar-refractivity contribution in [1.29, 1.82) is 0 Å². The highest BCUT2D eigenvalue weighted by Crippen LogP contribution is 2.42. The van der Waals surface area contributed by atoms with Gasteiger partial charge in [-0.15, -0.1) is 0 Å². The van der Waals surface area contributed by atoms with Crippen molar-refractivity contribution in [2.24, 2.45) is 11.2 Å². The molecule has 0 saturated carbocycles. The van der Waals surface area contributed by atoms with E-state index in [9.17, 15) is 0 Å². The average molecular weight is 319 g/mol. The number of hydrogen-bond donors (Lipinski definition) is 0. The van der Waals surface area contributed by atoms with Crippen molar-refractivity contribution in [3.63, 3.8) is 0 Å². The van der Waals surface area contributed by atoms with Crippen LogP contribution in [0.1, 0.15) is 0 Å². The topological polar surface area (TPSA) is 28.5 Å². The highest BCUT2D eigenvalue weighted by Gasteiger charge is 2.24. The predicted molar refractivity (Wildman–Crippen MR) is 92.6 cm³/mol. The first kappa shape index (κ1) is 14.3. The van der Waals surface area contributed by atoms with Crippen LogP contribution in [0.15, 0.2) is 35.3 Å². The van der Waals surface area contributed by atoms with Gasteiger partial charge in [-0.05, 0) is 34.7 Å². The second kappa shape index (κ2) is 5.28.